The van der Waals surface area contributed by atoms with Crippen molar-refractivity contribution in [2.24, 2.45) is 10.9 Å². The van der Waals surface area contributed by atoms with Gasteiger partial charge in [-0.3, -0.25) is 4.79 Å². The van der Waals surface area contributed by atoms with Crippen LogP contribution in [0.5, 0.6) is 5.75 Å². The number of methoxy groups -OCH3 is 1. The lowest BCUT2D eigenvalue weighted by molar-refractivity contribution is -0.115. The maximum atomic E-state index is 12.1. The number of amidine groups is 1. The van der Waals surface area contributed by atoms with E-state index in [4.69, 9.17) is 4.74 Å². The van der Waals surface area contributed by atoms with E-state index in [1.165, 1.54) is 19.3 Å². The molecule has 2 aliphatic rings. The summed E-state index contributed by atoms with van der Waals surface area (Å²) in [5, 5.41) is 2.93. The van der Waals surface area contributed by atoms with Crippen molar-refractivity contribution in [3.8, 4) is 5.75 Å². The molecule has 110 valence electrons. The molecule has 0 bridgehead atoms. The SMILES string of the molecule is COc1cccc(/C=C2/N=C(C3CCCCC3)NC2=O)c1. The molecule has 1 fully saturated rings. The van der Waals surface area contributed by atoms with E-state index >= 15 is 0 Å². The summed E-state index contributed by atoms with van der Waals surface area (Å²) < 4.78 is 5.20. The van der Waals surface area contributed by atoms with Crippen LogP contribution in [0.3, 0.4) is 0 Å². The number of hydrogen-bond acceptors (Lipinski definition) is 3. The summed E-state index contributed by atoms with van der Waals surface area (Å²) in [6.07, 6.45) is 7.83. The first-order valence-corrected chi connectivity index (χ1v) is 7.52. The van der Waals surface area contributed by atoms with Crippen molar-refractivity contribution in [3.63, 3.8) is 0 Å². The number of ether oxygens (including phenoxy) is 1. The van der Waals surface area contributed by atoms with Gasteiger partial charge in [0.1, 0.15) is 17.3 Å². The lowest BCUT2D eigenvalue weighted by Crippen LogP contribution is -2.31. The summed E-state index contributed by atoms with van der Waals surface area (Å²) in [6, 6.07) is 7.63. The van der Waals surface area contributed by atoms with Crippen LogP contribution in [-0.4, -0.2) is 18.9 Å². The van der Waals surface area contributed by atoms with Gasteiger partial charge in [0.05, 0.1) is 7.11 Å². The first kappa shape index (κ1) is 13.9. The van der Waals surface area contributed by atoms with Gasteiger partial charge in [0.15, 0.2) is 0 Å². The van der Waals surface area contributed by atoms with E-state index < -0.39 is 0 Å². The zero-order chi connectivity index (χ0) is 14.7. The number of aliphatic imine (C=N–C) groups is 1. The van der Waals surface area contributed by atoms with Crippen molar-refractivity contribution in [1.82, 2.24) is 5.32 Å². The molecule has 0 unspecified atom stereocenters. The molecule has 1 aromatic rings. The maximum absolute atomic E-state index is 12.1. The molecule has 21 heavy (non-hydrogen) atoms. The van der Waals surface area contributed by atoms with Crippen molar-refractivity contribution in [3.05, 3.63) is 35.5 Å². The van der Waals surface area contributed by atoms with Crippen LogP contribution in [0.15, 0.2) is 35.0 Å². The maximum Gasteiger partial charge on any atom is 0.275 e. The first-order chi connectivity index (χ1) is 10.3. The van der Waals surface area contributed by atoms with Gasteiger partial charge in [0, 0.05) is 5.92 Å². The molecule has 0 aromatic heterocycles. The predicted molar refractivity (Wildman–Crippen MR) is 83.1 cm³/mol. The molecule has 0 radical (unpaired) electrons. The summed E-state index contributed by atoms with van der Waals surface area (Å²) in [4.78, 5) is 16.6. The summed E-state index contributed by atoms with van der Waals surface area (Å²) in [5.41, 5.74) is 1.41. The molecule has 1 N–H and O–H groups in total. The van der Waals surface area contributed by atoms with E-state index in [0.29, 0.717) is 11.6 Å². The van der Waals surface area contributed by atoms with Gasteiger partial charge in [0.25, 0.3) is 5.91 Å². The molecular formula is C17H20N2O2. The van der Waals surface area contributed by atoms with Gasteiger partial charge in [-0.25, -0.2) is 4.99 Å². The highest BCUT2D eigenvalue weighted by atomic mass is 16.5. The third-order valence-corrected chi connectivity index (χ3v) is 4.10. The molecule has 0 saturated heterocycles. The third kappa shape index (κ3) is 3.15. The fourth-order valence-electron chi connectivity index (χ4n) is 2.95. The normalized spacial score (nSPS) is 21.3. The number of nitrogens with one attached hydrogen (secondary N) is 1. The zero-order valence-corrected chi connectivity index (χ0v) is 12.3. The van der Waals surface area contributed by atoms with E-state index in [1.807, 2.05) is 30.3 Å². The minimum Gasteiger partial charge on any atom is -0.497 e. The Kier molecular flexibility index (Phi) is 4.04. The Labute approximate surface area is 124 Å². The minimum absolute atomic E-state index is 0.0987. The molecule has 1 amide bonds. The van der Waals surface area contributed by atoms with Gasteiger partial charge < -0.3 is 10.1 Å². The topological polar surface area (TPSA) is 50.7 Å². The van der Waals surface area contributed by atoms with Gasteiger partial charge in [-0.1, -0.05) is 31.4 Å². The summed E-state index contributed by atoms with van der Waals surface area (Å²) in [5.74, 6) is 1.95. The van der Waals surface area contributed by atoms with Gasteiger partial charge in [-0.2, -0.15) is 0 Å². The third-order valence-electron chi connectivity index (χ3n) is 4.10. The van der Waals surface area contributed by atoms with Crippen molar-refractivity contribution >= 4 is 17.8 Å². The number of hydrogen-bond donors (Lipinski definition) is 1. The number of rotatable bonds is 3. The van der Waals surface area contributed by atoms with Crippen LogP contribution in [0.25, 0.3) is 6.08 Å². The van der Waals surface area contributed by atoms with Gasteiger partial charge in [-0.15, -0.1) is 0 Å². The second kappa shape index (κ2) is 6.12. The van der Waals surface area contributed by atoms with Crippen LogP contribution in [0.4, 0.5) is 0 Å². The number of amides is 1. The highest BCUT2D eigenvalue weighted by molar-refractivity contribution is 6.15. The van der Waals surface area contributed by atoms with Gasteiger partial charge >= 0.3 is 0 Å². The van der Waals surface area contributed by atoms with Crippen LogP contribution >= 0.6 is 0 Å². The lowest BCUT2D eigenvalue weighted by atomic mass is 9.88. The largest absolute Gasteiger partial charge is 0.497 e. The van der Waals surface area contributed by atoms with Crippen molar-refractivity contribution in [2.45, 2.75) is 32.1 Å². The molecule has 3 rings (SSSR count). The summed E-state index contributed by atoms with van der Waals surface area (Å²) in [7, 11) is 1.63. The Morgan fingerprint density at radius 1 is 1.29 bits per heavy atom. The Hall–Kier alpha value is -2.10. The average Bonchev–Trinajstić information content (AvgIpc) is 2.89. The molecule has 4 heteroatoms. The van der Waals surface area contributed by atoms with E-state index in [9.17, 15) is 4.79 Å². The summed E-state index contributed by atoms with van der Waals surface area (Å²) >= 11 is 0. The van der Waals surface area contributed by atoms with Crippen molar-refractivity contribution in [1.29, 1.82) is 0 Å². The molecule has 1 aromatic carbocycles. The Bertz CT molecular complexity index is 599. The molecule has 1 saturated carbocycles. The molecule has 1 heterocycles. The van der Waals surface area contributed by atoms with Gasteiger partial charge in [-0.05, 0) is 36.6 Å². The number of benzene rings is 1. The van der Waals surface area contributed by atoms with E-state index in [-0.39, 0.29) is 5.91 Å². The van der Waals surface area contributed by atoms with Crippen LogP contribution in [0.2, 0.25) is 0 Å². The monoisotopic (exact) mass is 284 g/mol. The molecule has 1 aliphatic carbocycles. The van der Waals surface area contributed by atoms with E-state index in [2.05, 4.69) is 10.3 Å². The summed E-state index contributed by atoms with van der Waals surface area (Å²) in [6.45, 7) is 0. The predicted octanol–water partition coefficient (Wildman–Crippen LogP) is 3.14. The van der Waals surface area contributed by atoms with E-state index in [0.717, 1.165) is 30.0 Å². The van der Waals surface area contributed by atoms with Crippen LogP contribution in [0.1, 0.15) is 37.7 Å². The Morgan fingerprint density at radius 2 is 2.10 bits per heavy atom. The van der Waals surface area contributed by atoms with Crippen LogP contribution in [-0.2, 0) is 4.79 Å². The second-order valence-corrected chi connectivity index (χ2v) is 5.59. The fraction of sp³-hybridized carbons (Fsp3) is 0.412. The first-order valence-electron chi connectivity index (χ1n) is 7.52. The molecule has 1 aliphatic heterocycles. The van der Waals surface area contributed by atoms with E-state index in [1.54, 1.807) is 7.11 Å². The second-order valence-electron chi connectivity index (χ2n) is 5.59. The Morgan fingerprint density at radius 3 is 2.86 bits per heavy atom. The van der Waals surface area contributed by atoms with Crippen LogP contribution < -0.4 is 10.1 Å². The smallest absolute Gasteiger partial charge is 0.275 e. The standard InChI is InChI=1S/C17H20N2O2/c1-21-14-9-5-6-12(10-14)11-15-17(20)19-16(18-15)13-7-3-2-4-8-13/h5-6,9-11,13H,2-4,7-8H2,1H3,(H,18,19,20)/b15-11+. The highest BCUT2D eigenvalue weighted by Gasteiger charge is 2.27. The highest BCUT2D eigenvalue weighted by Crippen LogP contribution is 2.27. The van der Waals surface area contributed by atoms with Crippen molar-refractivity contribution < 1.29 is 9.53 Å². The number of carbonyl (C=O) groups excluding carboxylic acids is 1. The molecule has 4 nitrogen and oxygen atoms in total. The Balaban J connectivity index is 1.81. The van der Waals surface area contributed by atoms with Crippen LogP contribution in [0, 0.1) is 5.92 Å². The molecule has 0 atom stereocenters. The minimum atomic E-state index is -0.0987. The average molecular weight is 284 g/mol. The van der Waals surface area contributed by atoms with Gasteiger partial charge in [0.2, 0.25) is 0 Å². The molecular weight excluding hydrogens is 264 g/mol. The lowest BCUT2D eigenvalue weighted by Gasteiger charge is -2.20. The fourth-order valence-corrected chi connectivity index (χ4v) is 2.95. The quantitative estimate of drug-likeness (QED) is 0.867. The van der Waals surface area contributed by atoms with Crippen molar-refractivity contribution in [2.75, 3.05) is 7.11 Å². The zero-order valence-electron chi connectivity index (χ0n) is 12.3. The number of carbonyl (C=O) groups is 1. The number of nitrogens with zero attached hydrogens (tertiary/aromatic N) is 1. The molecule has 0 spiro atoms.